The van der Waals surface area contributed by atoms with Gasteiger partial charge in [0.05, 0.1) is 12.7 Å². The van der Waals surface area contributed by atoms with E-state index in [-0.39, 0.29) is 18.3 Å². The minimum Gasteiger partial charge on any atom is -0.444 e. The van der Waals surface area contributed by atoms with Crippen LogP contribution in [-0.2, 0) is 13.0 Å². The van der Waals surface area contributed by atoms with Crippen molar-refractivity contribution >= 4 is 11.9 Å². The molecule has 0 spiro atoms. The Kier molecular flexibility index (Phi) is 3.03. The number of oxazole rings is 1. The molecule has 2 aromatic heterocycles. The number of hydrogen-bond acceptors (Lipinski definition) is 6. The normalized spacial score (nSPS) is 10.4. The fraction of sp³-hybridized carbons (Fsp3) is 0.333. The summed E-state index contributed by atoms with van der Waals surface area (Å²) in [5.74, 6) is 0.899. The first-order valence-corrected chi connectivity index (χ1v) is 5.08. The summed E-state index contributed by atoms with van der Waals surface area (Å²) in [5.41, 5.74) is 5.28. The largest absolute Gasteiger partial charge is 0.444 e. The van der Waals surface area contributed by atoms with Crippen molar-refractivity contribution in [1.29, 1.82) is 0 Å². The molecule has 17 heavy (non-hydrogen) atoms. The first-order valence-electron chi connectivity index (χ1n) is 5.08. The van der Waals surface area contributed by atoms with Crippen molar-refractivity contribution in [1.82, 2.24) is 25.5 Å². The van der Waals surface area contributed by atoms with E-state index in [1.807, 2.05) is 6.92 Å². The van der Waals surface area contributed by atoms with Crippen molar-refractivity contribution in [3.63, 3.8) is 0 Å². The molecule has 0 radical (unpaired) electrons. The Morgan fingerprint density at radius 3 is 3.06 bits per heavy atom. The monoisotopic (exact) mass is 236 g/mol. The van der Waals surface area contributed by atoms with Gasteiger partial charge in [0.15, 0.2) is 0 Å². The molecule has 0 aliphatic rings. The molecule has 0 atom stereocenters. The fourth-order valence-corrected chi connectivity index (χ4v) is 1.21. The Morgan fingerprint density at radius 1 is 1.65 bits per heavy atom. The average molecular weight is 236 g/mol. The highest BCUT2D eigenvalue weighted by Gasteiger charge is 2.11. The van der Waals surface area contributed by atoms with Crippen molar-refractivity contribution in [2.45, 2.75) is 19.9 Å². The first kappa shape index (κ1) is 11.1. The maximum Gasteiger partial charge on any atom is 0.289 e. The van der Waals surface area contributed by atoms with E-state index in [0.717, 1.165) is 12.2 Å². The minimum absolute atomic E-state index is 0.0274. The maximum absolute atomic E-state index is 11.5. The van der Waals surface area contributed by atoms with E-state index in [2.05, 4.69) is 25.5 Å². The number of nitrogens with zero attached hydrogens (tertiary/aromatic N) is 3. The number of hydrogen-bond donors (Lipinski definition) is 3. The predicted molar refractivity (Wildman–Crippen MR) is 57.8 cm³/mol. The topological polar surface area (TPSA) is 123 Å². The van der Waals surface area contributed by atoms with Crippen LogP contribution >= 0.6 is 0 Å². The Balaban J connectivity index is 1.92. The van der Waals surface area contributed by atoms with Crippen LogP contribution in [0.15, 0.2) is 10.6 Å². The zero-order valence-corrected chi connectivity index (χ0v) is 9.23. The number of nitrogens with two attached hydrogens (primary N) is 1. The van der Waals surface area contributed by atoms with Crippen LogP contribution in [0.2, 0.25) is 0 Å². The zero-order valence-electron chi connectivity index (χ0n) is 9.23. The molecule has 0 unspecified atom stereocenters. The van der Waals surface area contributed by atoms with Gasteiger partial charge in [-0.3, -0.25) is 9.89 Å². The standard InChI is InChI=1S/C9H12N6O2/c1-2-5-3-11-6(17-5)4-12-8(16)7-13-9(10)15-14-7/h3H,2,4H2,1H3,(H,12,16)(H3,10,13,14,15). The number of H-pyrrole nitrogens is 1. The van der Waals surface area contributed by atoms with Gasteiger partial charge in [0.1, 0.15) is 5.76 Å². The molecule has 4 N–H and O–H groups in total. The van der Waals surface area contributed by atoms with Crippen molar-refractivity contribution < 1.29 is 9.21 Å². The number of carbonyl (C=O) groups excluding carboxylic acids is 1. The van der Waals surface area contributed by atoms with E-state index in [1.54, 1.807) is 6.20 Å². The molecule has 0 fully saturated rings. The molecule has 2 heterocycles. The number of amides is 1. The molecule has 0 saturated heterocycles. The van der Waals surface area contributed by atoms with Crippen molar-refractivity contribution in [2.24, 2.45) is 0 Å². The van der Waals surface area contributed by atoms with Gasteiger partial charge in [-0.1, -0.05) is 6.92 Å². The summed E-state index contributed by atoms with van der Waals surface area (Å²) in [4.78, 5) is 19.2. The zero-order chi connectivity index (χ0) is 12.3. The van der Waals surface area contributed by atoms with E-state index >= 15 is 0 Å². The molecule has 2 aromatic rings. The van der Waals surface area contributed by atoms with Gasteiger partial charge in [-0.15, -0.1) is 5.10 Å². The quantitative estimate of drug-likeness (QED) is 0.679. The summed E-state index contributed by atoms with van der Waals surface area (Å²) >= 11 is 0. The molecule has 0 aromatic carbocycles. The van der Waals surface area contributed by atoms with Gasteiger partial charge in [-0.05, 0) is 0 Å². The minimum atomic E-state index is -0.412. The van der Waals surface area contributed by atoms with Crippen LogP contribution in [0.25, 0.3) is 0 Å². The van der Waals surface area contributed by atoms with E-state index < -0.39 is 5.91 Å². The number of carbonyl (C=O) groups is 1. The molecule has 1 amide bonds. The molecule has 90 valence electrons. The summed E-state index contributed by atoms with van der Waals surface area (Å²) in [7, 11) is 0. The molecule has 0 aliphatic carbocycles. The van der Waals surface area contributed by atoms with E-state index in [0.29, 0.717) is 5.89 Å². The average Bonchev–Trinajstić information content (AvgIpc) is 2.94. The van der Waals surface area contributed by atoms with Crippen LogP contribution in [0.5, 0.6) is 0 Å². The maximum atomic E-state index is 11.5. The second-order valence-electron chi connectivity index (χ2n) is 3.30. The lowest BCUT2D eigenvalue weighted by Crippen LogP contribution is -2.24. The van der Waals surface area contributed by atoms with Gasteiger partial charge in [0.25, 0.3) is 5.91 Å². The molecule has 0 bridgehead atoms. The van der Waals surface area contributed by atoms with Crippen LogP contribution in [-0.4, -0.2) is 26.1 Å². The third-order valence-corrected chi connectivity index (χ3v) is 2.07. The fourth-order valence-electron chi connectivity index (χ4n) is 1.21. The predicted octanol–water partition coefficient (Wildman–Crippen LogP) is -0.133. The Bertz CT molecular complexity index is 517. The Hall–Kier alpha value is -2.38. The number of aryl methyl sites for hydroxylation is 1. The van der Waals surface area contributed by atoms with E-state index in [9.17, 15) is 4.79 Å². The second-order valence-corrected chi connectivity index (χ2v) is 3.30. The number of nitrogen functional groups attached to an aromatic ring is 1. The summed E-state index contributed by atoms with van der Waals surface area (Å²) in [6.45, 7) is 2.15. The summed E-state index contributed by atoms with van der Waals surface area (Å²) in [6.07, 6.45) is 2.40. The van der Waals surface area contributed by atoms with Crippen LogP contribution in [0, 0.1) is 0 Å². The molecule has 2 rings (SSSR count). The molecule has 8 nitrogen and oxygen atoms in total. The molecule has 0 aliphatic heterocycles. The van der Waals surface area contributed by atoms with Crippen LogP contribution in [0.1, 0.15) is 29.2 Å². The number of rotatable bonds is 4. The third-order valence-electron chi connectivity index (χ3n) is 2.07. The molecule has 8 heteroatoms. The summed E-state index contributed by atoms with van der Waals surface area (Å²) in [5, 5.41) is 8.54. The lowest BCUT2D eigenvalue weighted by Gasteiger charge is -1.98. The van der Waals surface area contributed by atoms with Gasteiger partial charge < -0.3 is 15.5 Å². The van der Waals surface area contributed by atoms with Gasteiger partial charge in [0, 0.05) is 6.42 Å². The van der Waals surface area contributed by atoms with Crippen LogP contribution < -0.4 is 11.1 Å². The highest BCUT2D eigenvalue weighted by molar-refractivity contribution is 5.90. The second kappa shape index (κ2) is 4.64. The van der Waals surface area contributed by atoms with Crippen molar-refractivity contribution in [3.05, 3.63) is 23.7 Å². The smallest absolute Gasteiger partial charge is 0.289 e. The number of aromatic amines is 1. The highest BCUT2D eigenvalue weighted by Crippen LogP contribution is 2.03. The van der Waals surface area contributed by atoms with Gasteiger partial charge in [0.2, 0.25) is 17.7 Å². The summed E-state index contributed by atoms with van der Waals surface area (Å²) < 4.78 is 5.33. The molecule has 0 saturated carbocycles. The van der Waals surface area contributed by atoms with Crippen LogP contribution in [0.4, 0.5) is 5.95 Å². The Morgan fingerprint density at radius 2 is 2.47 bits per heavy atom. The van der Waals surface area contributed by atoms with Crippen molar-refractivity contribution in [3.8, 4) is 0 Å². The summed E-state index contributed by atoms with van der Waals surface area (Å²) in [6, 6.07) is 0. The van der Waals surface area contributed by atoms with Gasteiger partial charge >= 0.3 is 0 Å². The van der Waals surface area contributed by atoms with Gasteiger partial charge in [-0.25, -0.2) is 4.98 Å². The first-order chi connectivity index (χ1) is 8.19. The lowest BCUT2D eigenvalue weighted by molar-refractivity contribution is 0.0937. The van der Waals surface area contributed by atoms with Gasteiger partial charge in [-0.2, -0.15) is 4.98 Å². The number of aromatic nitrogens is 4. The highest BCUT2D eigenvalue weighted by atomic mass is 16.4. The van der Waals surface area contributed by atoms with Crippen molar-refractivity contribution in [2.75, 3.05) is 5.73 Å². The lowest BCUT2D eigenvalue weighted by atomic mass is 10.4. The Labute approximate surface area is 96.6 Å². The third kappa shape index (κ3) is 2.60. The molecular weight excluding hydrogens is 224 g/mol. The number of nitrogens with one attached hydrogen (secondary N) is 2. The van der Waals surface area contributed by atoms with E-state index in [4.69, 9.17) is 10.2 Å². The van der Waals surface area contributed by atoms with Crippen LogP contribution in [0.3, 0.4) is 0 Å². The SMILES string of the molecule is CCc1cnc(CNC(=O)c2nc(N)n[nH]2)o1. The van der Waals surface area contributed by atoms with E-state index in [1.165, 1.54) is 0 Å². The number of anilines is 1. The molecular formula is C9H12N6O2.